The first-order valence-corrected chi connectivity index (χ1v) is 4.65. The SMILES string of the molecule is COc1ccc(NC(=O)[C@@H]2C[C@H]2F)cn1. The van der Waals surface area contributed by atoms with E-state index in [0.717, 1.165) is 0 Å². The topological polar surface area (TPSA) is 51.2 Å². The molecule has 0 aromatic carbocycles. The highest BCUT2D eigenvalue weighted by atomic mass is 19.1. The smallest absolute Gasteiger partial charge is 0.230 e. The van der Waals surface area contributed by atoms with Crippen LogP contribution in [0.5, 0.6) is 5.88 Å². The van der Waals surface area contributed by atoms with Crippen LogP contribution in [0.3, 0.4) is 0 Å². The predicted molar refractivity (Wildman–Crippen MR) is 52.4 cm³/mol. The minimum absolute atomic E-state index is 0.283. The summed E-state index contributed by atoms with van der Waals surface area (Å²) in [5, 5.41) is 2.59. The van der Waals surface area contributed by atoms with E-state index in [1.807, 2.05) is 0 Å². The quantitative estimate of drug-likeness (QED) is 0.820. The average molecular weight is 210 g/mol. The second-order valence-corrected chi connectivity index (χ2v) is 3.44. The summed E-state index contributed by atoms with van der Waals surface area (Å²) in [4.78, 5) is 15.2. The van der Waals surface area contributed by atoms with Gasteiger partial charge in [-0.3, -0.25) is 4.79 Å². The monoisotopic (exact) mass is 210 g/mol. The lowest BCUT2D eigenvalue weighted by Crippen LogP contribution is -2.15. The molecule has 0 saturated heterocycles. The molecule has 1 amide bonds. The van der Waals surface area contributed by atoms with Crippen LogP contribution < -0.4 is 10.1 Å². The Balaban J connectivity index is 1.95. The Morgan fingerprint density at radius 2 is 2.40 bits per heavy atom. The summed E-state index contributed by atoms with van der Waals surface area (Å²) < 4.78 is 17.4. The molecule has 0 spiro atoms. The van der Waals surface area contributed by atoms with Gasteiger partial charge >= 0.3 is 0 Å². The zero-order valence-corrected chi connectivity index (χ0v) is 8.24. The Morgan fingerprint density at radius 3 is 2.87 bits per heavy atom. The molecular weight excluding hydrogens is 199 g/mol. The Hall–Kier alpha value is -1.65. The number of methoxy groups -OCH3 is 1. The van der Waals surface area contributed by atoms with Crippen LogP contribution in [0, 0.1) is 5.92 Å². The molecule has 1 fully saturated rings. The number of nitrogens with one attached hydrogen (secondary N) is 1. The molecule has 0 bridgehead atoms. The molecule has 0 radical (unpaired) electrons. The lowest BCUT2D eigenvalue weighted by Gasteiger charge is -2.04. The van der Waals surface area contributed by atoms with Gasteiger partial charge in [0.05, 0.1) is 24.9 Å². The van der Waals surface area contributed by atoms with Gasteiger partial charge in [0.2, 0.25) is 11.8 Å². The molecule has 1 heterocycles. The standard InChI is InChI=1S/C10H11FN2O2/c1-15-9-3-2-6(5-12-9)13-10(14)7-4-8(7)11/h2-3,5,7-8H,4H2,1H3,(H,13,14)/t7-,8-/m1/s1. The van der Waals surface area contributed by atoms with E-state index >= 15 is 0 Å². The van der Waals surface area contributed by atoms with E-state index in [-0.39, 0.29) is 5.91 Å². The van der Waals surface area contributed by atoms with Crippen molar-refractivity contribution >= 4 is 11.6 Å². The predicted octanol–water partition coefficient (Wildman–Crippen LogP) is 1.39. The van der Waals surface area contributed by atoms with E-state index in [2.05, 4.69) is 10.3 Å². The van der Waals surface area contributed by atoms with Gasteiger partial charge in [-0.1, -0.05) is 0 Å². The summed E-state index contributed by atoms with van der Waals surface area (Å²) >= 11 is 0. The lowest BCUT2D eigenvalue weighted by molar-refractivity contribution is -0.117. The average Bonchev–Trinajstić information content (AvgIpc) is 2.97. The molecule has 4 nitrogen and oxygen atoms in total. The number of hydrogen-bond acceptors (Lipinski definition) is 3. The van der Waals surface area contributed by atoms with Crippen molar-refractivity contribution in [2.24, 2.45) is 5.92 Å². The van der Waals surface area contributed by atoms with E-state index in [1.54, 1.807) is 12.1 Å². The number of aromatic nitrogens is 1. The summed E-state index contributed by atoms with van der Waals surface area (Å²) in [6.45, 7) is 0. The molecular formula is C10H11FN2O2. The molecule has 1 aromatic rings. The van der Waals surface area contributed by atoms with Crippen molar-refractivity contribution in [1.29, 1.82) is 0 Å². The Morgan fingerprint density at radius 1 is 1.67 bits per heavy atom. The van der Waals surface area contributed by atoms with Crippen molar-refractivity contribution in [3.8, 4) is 5.88 Å². The minimum Gasteiger partial charge on any atom is -0.481 e. The van der Waals surface area contributed by atoms with E-state index in [1.165, 1.54) is 13.3 Å². The van der Waals surface area contributed by atoms with Gasteiger partial charge in [0.1, 0.15) is 6.17 Å². The maximum atomic E-state index is 12.6. The first-order valence-electron chi connectivity index (χ1n) is 4.65. The number of amides is 1. The fourth-order valence-electron chi connectivity index (χ4n) is 1.25. The number of carbonyl (C=O) groups is 1. The first kappa shape index (κ1) is 9.89. The van der Waals surface area contributed by atoms with Crippen LogP contribution in [0.15, 0.2) is 18.3 Å². The maximum Gasteiger partial charge on any atom is 0.230 e. The van der Waals surface area contributed by atoms with Gasteiger partial charge in [0.25, 0.3) is 0 Å². The van der Waals surface area contributed by atoms with E-state index in [0.29, 0.717) is 18.0 Å². The highest BCUT2D eigenvalue weighted by Gasteiger charge is 2.43. The van der Waals surface area contributed by atoms with E-state index in [4.69, 9.17) is 4.74 Å². The highest BCUT2D eigenvalue weighted by Crippen LogP contribution is 2.34. The molecule has 2 rings (SSSR count). The number of alkyl halides is 1. The third kappa shape index (κ3) is 2.23. The van der Waals surface area contributed by atoms with Crippen LogP contribution in [-0.2, 0) is 4.79 Å². The van der Waals surface area contributed by atoms with Gasteiger partial charge in [-0.2, -0.15) is 0 Å². The maximum absolute atomic E-state index is 12.6. The number of anilines is 1. The second-order valence-electron chi connectivity index (χ2n) is 3.44. The molecule has 80 valence electrons. The third-order valence-electron chi connectivity index (χ3n) is 2.26. The molecule has 15 heavy (non-hydrogen) atoms. The lowest BCUT2D eigenvalue weighted by atomic mass is 10.3. The number of carbonyl (C=O) groups excluding carboxylic acids is 1. The Bertz CT molecular complexity index is 366. The normalized spacial score (nSPS) is 23.3. The van der Waals surface area contributed by atoms with Crippen LogP contribution in [-0.4, -0.2) is 24.2 Å². The van der Waals surface area contributed by atoms with Gasteiger partial charge in [0, 0.05) is 6.07 Å². The van der Waals surface area contributed by atoms with E-state index < -0.39 is 12.1 Å². The number of rotatable bonds is 3. The number of pyridine rings is 1. The summed E-state index contributed by atoms with van der Waals surface area (Å²) in [5.74, 6) is -0.288. The molecule has 0 aliphatic heterocycles. The van der Waals surface area contributed by atoms with Gasteiger partial charge in [-0.05, 0) is 12.5 Å². The number of hydrogen-bond donors (Lipinski definition) is 1. The number of nitrogens with zero attached hydrogens (tertiary/aromatic N) is 1. The summed E-state index contributed by atoms with van der Waals surface area (Å²) in [5.41, 5.74) is 0.555. The summed E-state index contributed by atoms with van der Waals surface area (Å²) in [6, 6.07) is 3.30. The van der Waals surface area contributed by atoms with Crippen LogP contribution in [0.1, 0.15) is 6.42 Å². The van der Waals surface area contributed by atoms with Crippen LogP contribution >= 0.6 is 0 Å². The largest absolute Gasteiger partial charge is 0.481 e. The van der Waals surface area contributed by atoms with Crippen molar-refractivity contribution in [3.05, 3.63) is 18.3 Å². The Kier molecular flexibility index (Phi) is 2.53. The van der Waals surface area contributed by atoms with Gasteiger partial charge in [-0.15, -0.1) is 0 Å². The summed E-state index contributed by atoms with van der Waals surface area (Å²) in [6.07, 6.45) is 0.832. The van der Waals surface area contributed by atoms with Crippen molar-refractivity contribution in [3.63, 3.8) is 0 Å². The number of ether oxygens (including phenoxy) is 1. The van der Waals surface area contributed by atoms with E-state index in [9.17, 15) is 9.18 Å². The zero-order valence-electron chi connectivity index (χ0n) is 8.24. The molecule has 1 aromatic heterocycles. The zero-order chi connectivity index (χ0) is 10.8. The second kappa shape index (κ2) is 3.84. The molecule has 2 atom stereocenters. The van der Waals surface area contributed by atoms with Crippen molar-refractivity contribution in [1.82, 2.24) is 4.98 Å². The molecule has 5 heteroatoms. The van der Waals surface area contributed by atoms with Gasteiger partial charge in [-0.25, -0.2) is 9.37 Å². The molecule has 0 unspecified atom stereocenters. The minimum atomic E-state index is -0.976. The van der Waals surface area contributed by atoms with Crippen molar-refractivity contribution in [2.45, 2.75) is 12.6 Å². The fraction of sp³-hybridized carbons (Fsp3) is 0.400. The van der Waals surface area contributed by atoms with Gasteiger partial charge in [0.15, 0.2) is 0 Å². The Labute approximate surface area is 86.5 Å². The highest BCUT2D eigenvalue weighted by molar-refractivity contribution is 5.94. The molecule has 1 aliphatic rings. The number of halogens is 1. The van der Waals surface area contributed by atoms with Crippen LogP contribution in [0.2, 0.25) is 0 Å². The van der Waals surface area contributed by atoms with Crippen LogP contribution in [0.4, 0.5) is 10.1 Å². The fourth-order valence-corrected chi connectivity index (χ4v) is 1.25. The molecule has 1 N–H and O–H groups in total. The van der Waals surface area contributed by atoms with Crippen LogP contribution in [0.25, 0.3) is 0 Å². The van der Waals surface area contributed by atoms with Gasteiger partial charge < -0.3 is 10.1 Å². The van der Waals surface area contributed by atoms with Crippen molar-refractivity contribution < 1.29 is 13.9 Å². The molecule has 1 saturated carbocycles. The third-order valence-corrected chi connectivity index (χ3v) is 2.26. The summed E-state index contributed by atoms with van der Waals surface area (Å²) in [7, 11) is 1.51. The molecule has 1 aliphatic carbocycles. The van der Waals surface area contributed by atoms with Crippen molar-refractivity contribution in [2.75, 3.05) is 12.4 Å². The first-order chi connectivity index (χ1) is 7.20.